The van der Waals surface area contributed by atoms with Crippen molar-refractivity contribution >= 4 is 17.9 Å². The van der Waals surface area contributed by atoms with E-state index in [-0.39, 0.29) is 42.7 Å². The van der Waals surface area contributed by atoms with E-state index in [4.69, 9.17) is 14.2 Å². The van der Waals surface area contributed by atoms with E-state index in [0.29, 0.717) is 12.8 Å². The van der Waals surface area contributed by atoms with E-state index in [1.807, 2.05) is 0 Å². The van der Waals surface area contributed by atoms with Crippen molar-refractivity contribution in [1.82, 2.24) is 0 Å². The first-order chi connectivity index (χ1) is 32.1. The maximum absolute atomic E-state index is 12.8. The first-order valence-corrected chi connectivity index (χ1v) is 26.3. The second-order valence-electron chi connectivity index (χ2n) is 18.3. The van der Waals surface area contributed by atoms with Gasteiger partial charge >= 0.3 is 11.9 Å². The number of carboxylic acids is 1. The fourth-order valence-electron chi connectivity index (χ4n) is 7.23. The number of rotatable bonds is 46. The highest BCUT2D eigenvalue weighted by atomic mass is 16.6. The SMILES string of the molecule is CC/C=C/C/C=C/C/C=C/C/C=C/CCCCCCCCCCCC(=O)OC(COCCC(C(=O)[O-])[N+](C)(C)C)COC(=O)CCCCCCCCC/C=C/C/C=C/C/C=C/C/C=C/CC. The standard InChI is InChI=1S/C58H97NO7/c1-6-8-10-12-14-16-18-20-22-24-26-28-29-31-33-35-37-39-41-43-45-47-49-57(61)66-54(52-64-51-50-55(58(62)63)59(3,4)5)53-65-56(60)48-46-44-42-40-38-36-34-32-30-27-25-23-21-19-17-15-13-11-9-7-2/h8-11,14-17,20-23,26-28,30,54-55H,6-7,12-13,18-19,24-25,29,31-53H2,1-5H3/b10-8+,11-9+,16-14+,17-15+,22-20+,23-21+,28-26+,30-27+. The molecule has 0 saturated heterocycles. The minimum atomic E-state index is -1.13. The van der Waals surface area contributed by atoms with Crippen molar-refractivity contribution in [3.05, 3.63) is 97.2 Å². The average Bonchev–Trinajstić information content (AvgIpc) is 3.28. The number of quaternary nitrogens is 1. The Hall–Kier alpha value is -3.75. The number of carbonyl (C=O) groups is 3. The molecule has 0 rings (SSSR count). The second kappa shape index (κ2) is 47.7. The van der Waals surface area contributed by atoms with Crippen LogP contribution in [0.3, 0.4) is 0 Å². The predicted molar refractivity (Wildman–Crippen MR) is 277 cm³/mol. The number of unbranched alkanes of at least 4 members (excludes halogenated alkanes) is 16. The number of carboxylic acid groups (broad SMARTS) is 1. The van der Waals surface area contributed by atoms with E-state index in [2.05, 4.69) is 111 Å². The van der Waals surface area contributed by atoms with Crippen LogP contribution in [0.1, 0.15) is 200 Å². The van der Waals surface area contributed by atoms with Crippen LogP contribution in [0.2, 0.25) is 0 Å². The summed E-state index contributed by atoms with van der Waals surface area (Å²) in [4.78, 5) is 37.1. The van der Waals surface area contributed by atoms with Gasteiger partial charge in [-0.3, -0.25) is 9.59 Å². The number of esters is 2. The zero-order valence-corrected chi connectivity index (χ0v) is 42.8. The van der Waals surface area contributed by atoms with Gasteiger partial charge in [-0.05, 0) is 89.9 Å². The molecule has 0 aliphatic heterocycles. The number of aliphatic carboxylic acids is 1. The van der Waals surface area contributed by atoms with E-state index in [1.54, 1.807) is 21.1 Å². The van der Waals surface area contributed by atoms with Gasteiger partial charge < -0.3 is 28.6 Å². The molecule has 0 aromatic carbocycles. The molecule has 0 radical (unpaired) electrons. The minimum Gasteiger partial charge on any atom is -0.544 e. The Morgan fingerprint density at radius 2 is 0.803 bits per heavy atom. The van der Waals surface area contributed by atoms with Crippen molar-refractivity contribution in [3.8, 4) is 0 Å². The highest BCUT2D eigenvalue weighted by Crippen LogP contribution is 2.14. The molecule has 376 valence electrons. The van der Waals surface area contributed by atoms with Crippen molar-refractivity contribution in [2.45, 2.75) is 212 Å². The maximum Gasteiger partial charge on any atom is 0.306 e. The van der Waals surface area contributed by atoms with Crippen molar-refractivity contribution in [2.75, 3.05) is 41.0 Å². The van der Waals surface area contributed by atoms with Crippen LogP contribution in [0.25, 0.3) is 0 Å². The Kier molecular flexibility index (Phi) is 45.0. The summed E-state index contributed by atoms with van der Waals surface area (Å²) in [5.41, 5.74) is 0. The molecule has 0 spiro atoms. The predicted octanol–water partition coefficient (Wildman–Crippen LogP) is 14.1. The summed E-state index contributed by atoms with van der Waals surface area (Å²) in [6.45, 7) is 4.42. The normalized spacial score (nSPS) is 13.7. The Labute approximate surface area is 405 Å². The molecule has 0 heterocycles. The number of likely N-dealkylation sites (N-methyl/N-ethyl adjacent to an activating group) is 1. The van der Waals surface area contributed by atoms with Crippen molar-refractivity contribution in [1.29, 1.82) is 0 Å². The molecular weight excluding hydrogens is 823 g/mol. The fraction of sp³-hybridized carbons (Fsp3) is 0.672. The second-order valence-corrected chi connectivity index (χ2v) is 18.3. The highest BCUT2D eigenvalue weighted by molar-refractivity contribution is 5.70. The summed E-state index contributed by atoms with van der Waals surface area (Å²) in [5.74, 6) is -1.76. The van der Waals surface area contributed by atoms with Crippen LogP contribution in [0, 0.1) is 0 Å². The lowest BCUT2D eigenvalue weighted by atomic mass is 10.1. The average molecular weight is 920 g/mol. The summed E-state index contributed by atoms with van der Waals surface area (Å²) in [6.07, 6.45) is 64.3. The largest absolute Gasteiger partial charge is 0.544 e. The first-order valence-electron chi connectivity index (χ1n) is 26.3. The van der Waals surface area contributed by atoms with E-state index in [0.717, 1.165) is 103 Å². The first kappa shape index (κ1) is 62.2. The van der Waals surface area contributed by atoms with Crippen LogP contribution in [-0.2, 0) is 28.6 Å². The Morgan fingerprint density at radius 3 is 1.18 bits per heavy atom. The summed E-state index contributed by atoms with van der Waals surface area (Å²) in [5, 5.41) is 11.7. The molecule has 0 fully saturated rings. The number of carbonyl (C=O) groups excluding carboxylic acids is 3. The van der Waals surface area contributed by atoms with Gasteiger partial charge in [0.05, 0.1) is 40.3 Å². The molecule has 0 aliphatic carbocycles. The number of ether oxygens (including phenoxy) is 3. The summed E-state index contributed by atoms with van der Waals surface area (Å²) in [6, 6.07) is -0.735. The van der Waals surface area contributed by atoms with Gasteiger partial charge in [0.1, 0.15) is 12.6 Å². The number of allylic oxidation sites excluding steroid dienone is 16. The Balaban J connectivity index is 4.28. The molecule has 66 heavy (non-hydrogen) atoms. The van der Waals surface area contributed by atoms with E-state index >= 15 is 0 Å². The van der Waals surface area contributed by atoms with E-state index < -0.39 is 18.1 Å². The van der Waals surface area contributed by atoms with Crippen LogP contribution in [0.15, 0.2) is 97.2 Å². The smallest absolute Gasteiger partial charge is 0.306 e. The van der Waals surface area contributed by atoms with E-state index in [9.17, 15) is 19.5 Å². The van der Waals surface area contributed by atoms with Gasteiger partial charge in [0, 0.05) is 19.3 Å². The maximum atomic E-state index is 12.8. The van der Waals surface area contributed by atoms with Crippen LogP contribution in [-0.4, -0.2) is 75.5 Å². The van der Waals surface area contributed by atoms with Crippen molar-refractivity contribution in [3.63, 3.8) is 0 Å². The molecule has 0 aromatic heterocycles. The summed E-state index contributed by atoms with van der Waals surface area (Å²) < 4.78 is 17.2. The Bertz CT molecular complexity index is 1400. The quantitative estimate of drug-likeness (QED) is 0.0259. The van der Waals surface area contributed by atoms with Crippen LogP contribution < -0.4 is 5.11 Å². The number of hydrogen-bond donors (Lipinski definition) is 0. The van der Waals surface area contributed by atoms with Gasteiger partial charge in [-0.15, -0.1) is 0 Å². The fourth-order valence-corrected chi connectivity index (χ4v) is 7.23. The Morgan fingerprint density at radius 1 is 0.455 bits per heavy atom. The zero-order chi connectivity index (χ0) is 48.4. The van der Waals surface area contributed by atoms with Crippen molar-refractivity contribution in [2.24, 2.45) is 0 Å². The number of hydrogen-bond acceptors (Lipinski definition) is 7. The third-order valence-corrected chi connectivity index (χ3v) is 11.2. The lowest BCUT2D eigenvalue weighted by Crippen LogP contribution is -2.55. The molecular formula is C58H97NO7. The monoisotopic (exact) mass is 920 g/mol. The molecule has 0 bridgehead atoms. The van der Waals surface area contributed by atoms with Gasteiger partial charge in [-0.2, -0.15) is 0 Å². The summed E-state index contributed by atoms with van der Waals surface area (Å²) >= 11 is 0. The van der Waals surface area contributed by atoms with Crippen LogP contribution in [0.4, 0.5) is 0 Å². The lowest BCUT2D eigenvalue weighted by Gasteiger charge is -2.34. The highest BCUT2D eigenvalue weighted by Gasteiger charge is 2.25. The molecule has 0 aliphatic rings. The molecule has 0 amide bonds. The third-order valence-electron chi connectivity index (χ3n) is 11.2. The summed E-state index contributed by atoms with van der Waals surface area (Å²) in [7, 11) is 5.40. The van der Waals surface area contributed by atoms with Gasteiger partial charge in [0.25, 0.3) is 0 Å². The molecule has 8 heteroatoms. The third kappa shape index (κ3) is 45.4. The van der Waals surface area contributed by atoms with Crippen molar-refractivity contribution < 1.29 is 38.2 Å². The van der Waals surface area contributed by atoms with Crippen LogP contribution in [0.5, 0.6) is 0 Å². The lowest BCUT2D eigenvalue weighted by molar-refractivity contribution is -0.889. The molecule has 8 nitrogen and oxygen atoms in total. The molecule has 2 unspecified atom stereocenters. The van der Waals surface area contributed by atoms with Gasteiger partial charge in [-0.25, -0.2) is 0 Å². The zero-order valence-electron chi connectivity index (χ0n) is 42.8. The van der Waals surface area contributed by atoms with Crippen LogP contribution >= 0.6 is 0 Å². The molecule has 0 N–H and O–H groups in total. The minimum absolute atomic E-state index is 0.0294. The molecule has 0 saturated carbocycles. The number of nitrogens with zero attached hydrogens (tertiary/aromatic N) is 1. The topological polar surface area (TPSA) is 102 Å². The van der Waals surface area contributed by atoms with Gasteiger partial charge in [0.15, 0.2) is 6.10 Å². The molecule has 2 atom stereocenters. The van der Waals surface area contributed by atoms with Gasteiger partial charge in [0.2, 0.25) is 0 Å². The molecule has 0 aromatic rings. The van der Waals surface area contributed by atoms with Gasteiger partial charge in [-0.1, -0.05) is 188 Å². The van der Waals surface area contributed by atoms with E-state index in [1.165, 1.54) is 64.2 Å².